The summed E-state index contributed by atoms with van der Waals surface area (Å²) in [6, 6.07) is 5.31. The molecule has 14 aromatic heterocycles. The second kappa shape index (κ2) is 61.8. The Morgan fingerprint density at radius 3 is 1.23 bits per heavy atom. The number of thiazole rings is 2. The molecule has 0 atom stereocenters. The van der Waals surface area contributed by atoms with Crippen molar-refractivity contribution in [3.05, 3.63) is 202 Å². The van der Waals surface area contributed by atoms with Gasteiger partial charge in [0.25, 0.3) is 4.84 Å². The van der Waals surface area contributed by atoms with Crippen LogP contribution in [-0.2, 0) is 4.79 Å². The zero-order valence-corrected chi connectivity index (χ0v) is 80.5. The normalized spacial score (nSPS) is 9.87. The van der Waals surface area contributed by atoms with Crippen LogP contribution in [0.3, 0.4) is 0 Å². The first-order valence-electron chi connectivity index (χ1n) is 31.7. The van der Waals surface area contributed by atoms with Gasteiger partial charge in [-0.3, -0.25) is 10.5 Å². The highest BCUT2D eigenvalue weighted by Crippen LogP contribution is 2.15. The first-order valence-corrected chi connectivity index (χ1v) is 42.2. The fourth-order valence-corrected chi connectivity index (χ4v) is 11.8. The van der Waals surface area contributed by atoms with E-state index in [1.54, 1.807) is 5.38 Å². The molecular formula is C59H46N18O38S20. The Balaban J connectivity index is 0.000000723. The maximum Gasteiger partial charge on any atom is 0.392 e. The van der Waals surface area contributed by atoms with Crippen molar-refractivity contribution in [3.63, 3.8) is 0 Å². The molecule has 15 rings (SSSR count). The van der Waals surface area contributed by atoms with Gasteiger partial charge in [0.05, 0.1) is 18.8 Å². The van der Waals surface area contributed by atoms with E-state index in [0.717, 1.165) is 71.2 Å². The highest BCUT2D eigenvalue weighted by atomic mass is 32.2. The molecule has 1 aliphatic rings. The Kier molecular flexibility index (Phi) is 54.6. The van der Waals surface area contributed by atoms with Gasteiger partial charge in [0, 0.05) is 29.1 Å². The van der Waals surface area contributed by atoms with Crippen LogP contribution in [0.1, 0.15) is 152 Å². The molecule has 14 aromatic rings. The molecule has 0 bridgehead atoms. The molecule has 0 saturated heterocycles. The van der Waals surface area contributed by atoms with Gasteiger partial charge in [-0.15, -0.1) is 78.3 Å². The van der Waals surface area contributed by atoms with Gasteiger partial charge in [0.2, 0.25) is 42.0 Å². The van der Waals surface area contributed by atoms with Gasteiger partial charge >= 0.3 is 95.4 Å². The summed E-state index contributed by atoms with van der Waals surface area (Å²) in [6.07, 6.45) is 8.32. The number of rotatable bonds is 15. The third-order valence-corrected chi connectivity index (χ3v) is 19.6. The van der Waals surface area contributed by atoms with E-state index in [0.29, 0.717) is 26.3 Å². The Hall–Kier alpha value is -13.8. The fourth-order valence-electron chi connectivity index (χ4n) is 5.91. The molecule has 56 nitrogen and oxygen atoms in total. The minimum Gasteiger partial charge on any atom is -0.478 e. The summed E-state index contributed by atoms with van der Waals surface area (Å²) in [5.41, 5.74) is 2.59. The monoisotopic (exact) mass is 2250 g/mol. The molecule has 0 amide bonds. The van der Waals surface area contributed by atoms with Gasteiger partial charge in [-0.1, -0.05) is 84.8 Å². The van der Waals surface area contributed by atoms with Crippen molar-refractivity contribution in [2.24, 2.45) is 5.10 Å². The Bertz CT molecular complexity index is 6310. The minimum absolute atomic E-state index is 0.00926. The van der Waals surface area contributed by atoms with Crippen LogP contribution >= 0.6 is 242 Å². The number of thiol groups is 4. The number of aromatic amines is 11. The average Bonchev–Trinajstić information content (AvgIpc) is 1.76. The third kappa shape index (κ3) is 47.9. The van der Waals surface area contributed by atoms with E-state index in [-0.39, 0.29) is 134 Å². The second-order valence-electron chi connectivity index (χ2n) is 20.5. The van der Waals surface area contributed by atoms with Gasteiger partial charge in [-0.2, -0.15) is 10.1 Å². The van der Waals surface area contributed by atoms with Crippen molar-refractivity contribution < 1.29 is 184 Å². The zero-order chi connectivity index (χ0) is 103. The number of nitrogens with one attached hydrogen (secondary N) is 12. The molecule has 0 unspecified atom stereocenters. The number of thiocarbonyl (C=S) groups is 1. The van der Waals surface area contributed by atoms with E-state index in [2.05, 4.69) is 310 Å². The minimum atomic E-state index is -1.18. The number of carbonyl (C=O) groups is 15. The summed E-state index contributed by atoms with van der Waals surface area (Å²) < 4.78 is 45.8. The summed E-state index contributed by atoms with van der Waals surface area (Å²) in [5.74, 6) is -16.6. The van der Waals surface area contributed by atoms with E-state index in [1.807, 2.05) is 0 Å². The third-order valence-electron chi connectivity index (χ3n) is 11.4. The van der Waals surface area contributed by atoms with Crippen molar-refractivity contribution in [1.82, 2.24) is 84.5 Å². The molecule has 0 fully saturated rings. The zero-order valence-electron chi connectivity index (χ0n) is 63.8. The molecule has 1 aliphatic heterocycles. The maximum absolute atomic E-state index is 10.2. The number of hydrazone groups is 1. The van der Waals surface area contributed by atoms with Gasteiger partial charge in [-0.05, 0) is 96.3 Å². The number of aromatic carboxylic acids is 14. The summed E-state index contributed by atoms with van der Waals surface area (Å²) in [5, 5.41) is 149. The van der Waals surface area contributed by atoms with Crippen LogP contribution in [0, 0.1) is 44.5 Å². The van der Waals surface area contributed by atoms with E-state index in [1.165, 1.54) is 59.6 Å². The molecule has 0 aliphatic carbocycles. The average molecular weight is 2260 g/mol. The number of nitrogens with zero attached hydrogens (tertiary/aromatic N) is 6. The smallest absolute Gasteiger partial charge is 0.392 e. The standard InChI is InChI=1S/C4H4N2O2S.8C4H3NO3S.5C4H3NO2S2.C3H3N3O2S/c7-4(8)2-1-3(9)6-5-2;6-4(7)2-3(9)5-1-8-2;6-3(7)2-4(9)8-1-5-2;6-4(7)3-5-2(9)1-8-3;6-3(7)2-1-8-4(9)5-2;2*6-3(7)2-1-5-8-4(2)9;6-4(7)2-1-3(9)5-8-2;6-4(7)2-1-3(9)8-5-2;6-4(7)3-5-2(8)1-9-3;6-3(7)2-1-9-4(8)5-2;6-3(7)2-1-5-9-4(2)8;6-4(7)2-1-3(8)5-9-2;6-4(7)2-1-3(8)9-5-2;7-3(8)1-2(9)5-6-4-1/h1H2,(H,6,9)(H,7,8);3*1,9H,(H,6,7);1H,(H,5,9)(H,6,7);2*1,5H,(H,6,7);1H,(H,5,9)(H,6,7);1,5H,(H,6,7);1,8H,(H,6,7);1H,(H,5,8)(H,6,7);1,5H,(H,6,7);1H,(H,5,8)(H,6,7);1,5H,(H,6,7);(H,7,8)(H2,4,5,6,9). The van der Waals surface area contributed by atoms with Crippen LogP contribution in [-0.4, -0.2) is 256 Å². The van der Waals surface area contributed by atoms with E-state index in [4.69, 9.17) is 76.6 Å². The lowest BCUT2D eigenvalue weighted by atomic mass is 10.3. The van der Waals surface area contributed by atoms with Crippen molar-refractivity contribution in [2.45, 2.75) is 26.6 Å². The molecule has 0 saturated carbocycles. The largest absolute Gasteiger partial charge is 0.478 e. The van der Waals surface area contributed by atoms with E-state index < -0.39 is 89.5 Å². The first-order chi connectivity index (χ1) is 63.1. The number of hydrogen-bond acceptors (Lipinski definition) is 49. The van der Waals surface area contributed by atoms with Crippen molar-refractivity contribution in [2.75, 3.05) is 0 Å². The van der Waals surface area contributed by atoms with Crippen LogP contribution in [0.4, 0.5) is 0 Å². The molecule has 0 spiro atoms. The first kappa shape index (κ1) is 119. The number of aliphatic carboxylic acids is 1. The van der Waals surface area contributed by atoms with Crippen LogP contribution in [0.2, 0.25) is 0 Å². The lowest BCUT2D eigenvalue weighted by Gasteiger charge is -1.83. The van der Waals surface area contributed by atoms with Crippen LogP contribution in [0.5, 0.6) is 0 Å². The molecule has 135 heavy (non-hydrogen) atoms. The number of H-pyrrole nitrogens is 11. The SMILES string of the molecule is O=C(O)C1=NNC(=S)C1.O=C(O)c1c[nH]oc1=S.O=C(O)c1c[nH]oc1=S.O=C(O)c1c[nH]sc1=S.O=C(O)c1cc(=S)[nH]o1.O=C(O)c1cc(=S)[nH]s1.O=C(O)c1cc(=S)o[nH]1.O=C(O)c1cc(=S)s[nH]1.O=C(O)c1coc(=S)[nH]1.O=C(O)c1csc(=S)[nH]1.O=C(O)c1n[nH][nH]c1=S.O=C(O)c1nc(S)co1.O=C(O)c1nc(S)cs1.O=C(O)c1ncoc1S.O=C(O)c1ocnc1S. The summed E-state index contributed by atoms with van der Waals surface area (Å²) in [7, 11) is 0. The Morgan fingerprint density at radius 1 is 0.444 bits per heavy atom. The predicted molar refractivity (Wildman–Crippen MR) is 495 cm³/mol. The number of carboxylic acid groups (broad SMARTS) is 15. The lowest BCUT2D eigenvalue weighted by molar-refractivity contribution is -0.129. The van der Waals surface area contributed by atoms with E-state index >= 15 is 0 Å². The van der Waals surface area contributed by atoms with Crippen LogP contribution in [0.25, 0.3) is 0 Å². The number of hydrogen-bond donors (Lipinski definition) is 31. The Morgan fingerprint density at radius 2 is 1.02 bits per heavy atom. The summed E-state index contributed by atoms with van der Waals surface area (Å²) in [6.45, 7) is 0. The topological polar surface area (TPSA) is 927 Å². The molecule has 0 radical (unpaired) electrons. The molecule has 0 aromatic carbocycles. The molecule has 27 N–H and O–H groups in total. The number of oxazole rings is 4. The predicted octanol–water partition coefficient (Wildman–Crippen LogP) is 14.2. The van der Waals surface area contributed by atoms with Crippen molar-refractivity contribution >= 4 is 342 Å². The summed E-state index contributed by atoms with van der Waals surface area (Å²) >= 11 is 70.8. The summed E-state index contributed by atoms with van der Waals surface area (Å²) in [4.78, 5) is 171. The number of carboxylic acids is 15. The molecule has 76 heteroatoms. The lowest BCUT2D eigenvalue weighted by Crippen LogP contribution is -2.11. The quantitative estimate of drug-likeness (QED) is 0.0335. The van der Waals surface area contributed by atoms with Crippen molar-refractivity contribution in [3.8, 4) is 0 Å². The maximum atomic E-state index is 10.2. The highest BCUT2D eigenvalue weighted by molar-refractivity contribution is 7.81. The van der Waals surface area contributed by atoms with Gasteiger partial charge < -0.3 is 135 Å². The van der Waals surface area contributed by atoms with Crippen LogP contribution < -0.4 is 5.43 Å². The van der Waals surface area contributed by atoms with Crippen molar-refractivity contribution in [1.29, 1.82) is 0 Å². The second-order valence-corrected chi connectivity index (χ2v) is 31.9. The molecule has 720 valence electrons. The fraction of sp³-hybridized carbons (Fsp3) is 0.0169. The van der Waals surface area contributed by atoms with Crippen LogP contribution in [0.15, 0.2) is 140 Å². The van der Waals surface area contributed by atoms with Gasteiger partial charge in [0.15, 0.2) is 43.6 Å². The van der Waals surface area contributed by atoms with Gasteiger partial charge in [-0.25, -0.2) is 113 Å². The number of aromatic nitrogens is 16. The molecular weight excluding hydrogens is 2210 g/mol. The van der Waals surface area contributed by atoms with Gasteiger partial charge in [0.1, 0.15) is 82.5 Å². The highest BCUT2D eigenvalue weighted by Gasteiger charge is 2.19. The Labute approximate surface area is 836 Å². The van der Waals surface area contributed by atoms with E-state index in [9.17, 15) is 71.9 Å². The molecule has 15 heterocycles.